The number of rotatable bonds is 5. The average molecular weight is 405 g/mol. The van der Waals surface area contributed by atoms with Crippen LogP contribution in [0.4, 0.5) is 0 Å². The molecule has 6 nitrogen and oxygen atoms in total. The van der Waals surface area contributed by atoms with E-state index < -0.39 is 0 Å². The summed E-state index contributed by atoms with van der Waals surface area (Å²) in [5, 5.41) is 10.2. The van der Waals surface area contributed by atoms with Crippen LogP contribution in [0.5, 0.6) is 0 Å². The number of carbonyl (C=O) groups excluding carboxylic acids is 2. The number of nitrogens with one attached hydrogen (secondary N) is 2. The van der Waals surface area contributed by atoms with E-state index in [0.717, 1.165) is 16.8 Å². The molecular weight excluding hydrogens is 376 g/mol. The molecule has 3 aromatic rings. The van der Waals surface area contributed by atoms with E-state index in [1.54, 1.807) is 10.9 Å². The summed E-state index contributed by atoms with van der Waals surface area (Å²) >= 11 is 0. The Kier molecular flexibility index (Phi) is 6.06. The summed E-state index contributed by atoms with van der Waals surface area (Å²) in [6.07, 6.45) is 1.71. The van der Waals surface area contributed by atoms with Crippen molar-refractivity contribution in [1.29, 1.82) is 0 Å². The fourth-order valence-corrected chi connectivity index (χ4v) is 3.07. The molecule has 0 aliphatic rings. The molecule has 2 N–H and O–H groups in total. The topological polar surface area (TPSA) is 76.0 Å². The molecule has 0 aliphatic heterocycles. The normalized spacial score (nSPS) is 11.2. The molecule has 1 aromatic heterocycles. The molecule has 156 valence electrons. The Hall–Kier alpha value is -3.41. The van der Waals surface area contributed by atoms with Crippen LogP contribution in [-0.4, -0.2) is 33.7 Å². The number of hydrogen-bond donors (Lipinski definition) is 2. The number of amides is 2. The number of benzene rings is 2. The molecule has 3 rings (SSSR count). The standard InChI is InChI=1S/C24H28N4O2/c1-16-11-12-18(13-17(16)2)22-20(15-28(27-22)19-9-7-6-8-10-19)23(30)25-14-21(29)26-24(3,4)5/h6-13,15H,14H2,1-5H3,(H,25,30)(H,26,29). The molecule has 0 unspecified atom stereocenters. The van der Waals surface area contributed by atoms with E-state index in [9.17, 15) is 9.59 Å². The molecule has 1 heterocycles. The first-order valence-electron chi connectivity index (χ1n) is 9.96. The Morgan fingerprint density at radius 1 is 1.00 bits per heavy atom. The summed E-state index contributed by atoms with van der Waals surface area (Å²) in [5.41, 5.74) is 4.65. The van der Waals surface area contributed by atoms with Crippen molar-refractivity contribution in [2.45, 2.75) is 40.2 Å². The number of hydrogen-bond acceptors (Lipinski definition) is 3. The average Bonchev–Trinajstić information content (AvgIpc) is 3.13. The lowest BCUT2D eigenvalue weighted by Gasteiger charge is -2.20. The van der Waals surface area contributed by atoms with Crippen LogP contribution in [-0.2, 0) is 4.79 Å². The van der Waals surface area contributed by atoms with Crippen LogP contribution in [0.3, 0.4) is 0 Å². The molecular formula is C24H28N4O2. The van der Waals surface area contributed by atoms with Gasteiger partial charge in [0.05, 0.1) is 17.8 Å². The maximum atomic E-state index is 13.0. The highest BCUT2D eigenvalue weighted by atomic mass is 16.2. The smallest absolute Gasteiger partial charge is 0.255 e. The van der Waals surface area contributed by atoms with Gasteiger partial charge in [-0.2, -0.15) is 5.10 Å². The van der Waals surface area contributed by atoms with Gasteiger partial charge >= 0.3 is 0 Å². The highest BCUT2D eigenvalue weighted by molar-refractivity contribution is 6.01. The summed E-state index contributed by atoms with van der Waals surface area (Å²) in [5.74, 6) is -0.575. The fraction of sp³-hybridized carbons (Fsp3) is 0.292. The summed E-state index contributed by atoms with van der Waals surface area (Å²) in [4.78, 5) is 25.1. The minimum Gasteiger partial charge on any atom is -0.350 e. The van der Waals surface area contributed by atoms with Gasteiger partial charge in [-0.25, -0.2) is 4.68 Å². The number of nitrogens with zero attached hydrogens (tertiary/aromatic N) is 2. The van der Waals surface area contributed by atoms with Gasteiger partial charge in [0.25, 0.3) is 5.91 Å². The van der Waals surface area contributed by atoms with Crippen LogP contribution in [0.1, 0.15) is 42.3 Å². The molecule has 0 bridgehead atoms. The Labute approximate surface area is 177 Å². The second-order valence-corrected chi connectivity index (χ2v) is 8.45. The predicted molar refractivity (Wildman–Crippen MR) is 119 cm³/mol. The third kappa shape index (κ3) is 5.14. The first-order chi connectivity index (χ1) is 14.1. The fourth-order valence-electron chi connectivity index (χ4n) is 3.07. The molecule has 2 aromatic carbocycles. The SMILES string of the molecule is Cc1ccc(-c2nn(-c3ccccc3)cc2C(=O)NCC(=O)NC(C)(C)C)cc1C. The Morgan fingerprint density at radius 2 is 1.70 bits per heavy atom. The van der Waals surface area contributed by atoms with Gasteiger partial charge in [-0.15, -0.1) is 0 Å². The van der Waals surface area contributed by atoms with Gasteiger partial charge in [-0.05, 0) is 63.9 Å². The van der Waals surface area contributed by atoms with E-state index in [1.807, 2.05) is 83.1 Å². The molecule has 0 saturated heterocycles. The predicted octanol–water partition coefficient (Wildman–Crippen LogP) is 3.80. The Balaban J connectivity index is 1.93. The van der Waals surface area contributed by atoms with E-state index in [4.69, 9.17) is 0 Å². The van der Waals surface area contributed by atoms with Crippen molar-refractivity contribution in [1.82, 2.24) is 20.4 Å². The van der Waals surface area contributed by atoms with Crippen molar-refractivity contribution in [3.05, 3.63) is 71.4 Å². The third-order valence-corrected chi connectivity index (χ3v) is 4.68. The van der Waals surface area contributed by atoms with Gasteiger partial charge in [0.15, 0.2) is 0 Å². The van der Waals surface area contributed by atoms with Gasteiger partial charge in [-0.1, -0.05) is 30.3 Å². The van der Waals surface area contributed by atoms with Crippen molar-refractivity contribution in [2.24, 2.45) is 0 Å². The zero-order valence-corrected chi connectivity index (χ0v) is 18.1. The Bertz CT molecular complexity index is 1060. The largest absolute Gasteiger partial charge is 0.350 e. The van der Waals surface area contributed by atoms with Gasteiger partial charge < -0.3 is 10.6 Å². The summed E-state index contributed by atoms with van der Waals surface area (Å²) in [7, 11) is 0. The number of aryl methyl sites for hydroxylation is 2. The van der Waals surface area contributed by atoms with E-state index in [-0.39, 0.29) is 23.9 Å². The van der Waals surface area contributed by atoms with Gasteiger partial charge in [0, 0.05) is 17.3 Å². The zero-order chi connectivity index (χ0) is 21.9. The minimum atomic E-state index is -0.357. The lowest BCUT2D eigenvalue weighted by atomic mass is 10.0. The molecule has 6 heteroatoms. The maximum Gasteiger partial charge on any atom is 0.255 e. The second kappa shape index (κ2) is 8.53. The number of para-hydroxylation sites is 1. The first kappa shape index (κ1) is 21.3. The molecule has 0 saturated carbocycles. The summed E-state index contributed by atoms with van der Waals surface area (Å²) in [6, 6.07) is 15.6. The number of aromatic nitrogens is 2. The van der Waals surface area contributed by atoms with Crippen LogP contribution in [0.2, 0.25) is 0 Å². The van der Waals surface area contributed by atoms with Crippen LogP contribution >= 0.6 is 0 Å². The molecule has 0 spiro atoms. The van der Waals surface area contributed by atoms with E-state index in [0.29, 0.717) is 11.3 Å². The Morgan fingerprint density at radius 3 is 2.33 bits per heavy atom. The molecule has 0 atom stereocenters. The monoisotopic (exact) mass is 404 g/mol. The van der Waals surface area contributed by atoms with Crippen molar-refractivity contribution in [3.8, 4) is 16.9 Å². The van der Waals surface area contributed by atoms with Crippen molar-refractivity contribution in [3.63, 3.8) is 0 Å². The van der Waals surface area contributed by atoms with E-state index in [2.05, 4.69) is 15.7 Å². The lowest BCUT2D eigenvalue weighted by Crippen LogP contribution is -2.45. The zero-order valence-electron chi connectivity index (χ0n) is 18.1. The van der Waals surface area contributed by atoms with Crippen molar-refractivity contribution >= 4 is 11.8 Å². The molecule has 0 aliphatic carbocycles. The molecule has 30 heavy (non-hydrogen) atoms. The third-order valence-electron chi connectivity index (χ3n) is 4.68. The highest BCUT2D eigenvalue weighted by Gasteiger charge is 2.20. The second-order valence-electron chi connectivity index (χ2n) is 8.45. The highest BCUT2D eigenvalue weighted by Crippen LogP contribution is 2.25. The van der Waals surface area contributed by atoms with Crippen LogP contribution in [0.15, 0.2) is 54.7 Å². The van der Waals surface area contributed by atoms with E-state index >= 15 is 0 Å². The quantitative estimate of drug-likeness (QED) is 0.679. The van der Waals surface area contributed by atoms with Crippen LogP contribution in [0.25, 0.3) is 16.9 Å². The molecule has 0 fully saturated rings. The van der Waals surface area contributed by atoms with Gasteiger partial charge in [0.2, 0.25) is 5.91 Å². The van der Waals surface area contributed by atoms with Crippen molar-refractivity contribution in [2.75, 3.05) is 6.54 Å². The number of carbonyl (C=O) groups is 2. The van der Waals surface area contributed by atoms with Crippen molar-refractivity contribution < 1.29 is 9.59 Å². The van der Waals surface area contributed by atoms with Crippen LogP contribution in [0, 0.1) is 13.8 Å². The summed E-state index contributed by atoms with van der Waals surface area (Å²) in [6.45, 7) is 9.67. The minimum absolute atomic E-state index is 0.0982. The maximum absolute atomic E-state index is 13.0. The van der Waals surface area contributed by atoms with Gasteiger partial charge in [0.1, 0.15) is 5.69 Å². The van der Waals surface area contributed by atoms with Crippen LogP contribution < -0.4 is 10.6 Å². The molecule has 2 amide bonds. The molecule has 0 radical (unpaired) electrons. The van der Waals surface area contributed by atoms with Gasteiger partial charge in [-0.3, -0.25) is 9.59 Å². The first-order valence-corrected chi connectivity index (χ1v) is 9.96. The lowest BCUT2D eigenvalue weighted by molar-refractivity contribution is -0.121. The van der Waals surface area contributed by atoms with E-state index in [1.165, 1.54) is 5.56 Å². The summed E-state index contributed by atoms with van der Waals surface area (Å²) < 4.78 is 1.69.